The molecular formula is C18H16O7. The monoisotopic (exact) mass is 344 g/mol. The molecule has 2 aromatic rings. The lowest BCUT2D eigenvalue weighted by molar-refractivity contribution is -0.141. The minimum atomic E-state index is -1.30. The van der Waals surface area contributed by atoms with Crippen molar-refractivity contribution in [2.24, 2.45) is 0 Å². The van der Waals surface area contributed by atoms with Crippen molar-refractivity contribution in [1.29, 1.82) is 0 Å². The molecule has 7 nitrogen and oxygen atoms in total. The molecule has 7 heteroatoms. The zero-order valence-electron chi connectivity index (χ0n) is 13.3. The van der Waals surface area contributed by atoms with Gasteiger partial charge in [-0.15, -0.1) is 0 Å². The third kappa shape index (κ3) is 3.27. The highest BCUT2D eigenvalue weighted by molar-refractivity contribution is 5.89. The maximum absolute atomic E-state index is 11.7. The highest BCUT2D eigenvalue weighted by Crippen LogP contribution is 2.38. The number of carboxylic acids is 1. The van der Waals surface area contributed by atoms with Crippen molar-refractivity contribution >= 4 is 11.9 Å². The first-order valence-corrected chi connectivity index (χ1v) is 7.50. The SMILES string of the molecule is COC(=O)c1ccc(C(O)C(C(=O)O)c2ccc3c(c2)OCO3)cc1. The molecule has 1 aliphatic rings. The first-order valence-electron chi connectivity index (χ1n) is 7.50. The second-order valence-electron chi connectivity index (χ2n) is 5.49. The van der Waals surface area contributed by atoms with Gasteiger partial charge in [0.25, 0.3) is 0 Å². The Labute approximate surface area is 143 Å². The number of carbonyl (C=O) groups excluding carboxylic acids is 1. The summed E-state index contributed by atoms with van der Waals surface area (Å²) in [6.45, 7) is 0.0774. The van der Waals surface area contributed by atoms with E-state index in [1.165, 1.54) is 31.4 Å². The maximum Gasteiger partial charge on any atom is 0.337 e. The Morgan fingerprint density at radius 2 is 1.68 bits per heavy atom. The summed E-state index contributed by atoms with van der Waals surface area (Å²) in [6, 6.07) is 10.7. The van der Waals surface area contributed by atoms with Gasteiger partial charge in [-0.1, -0.05) is 18.2 Å². The number of carboxylic acid groups (broad SMARTS) is 1. The lowest BCUT2D eigenvalue weighted by atomic mass is 9.88. The molecule has 0 amide bonds. The Hall–Kier alpha value is -3.06. The van der Waals surface area contributed by atoms with Crippen molar-refractivity contribution in [3.05, 3.63) is 59.2 Å². The number of methoxy groups -OCH3 is 1. The van der Waals surface area contributed by atoms with Crippen LogP contribution in [0.15, 0.2) is 42.5 Å². The number of rotatable bonds is 5. The van der Waals surface area contributed by atoms with Crippen molar-refractivity contribution in [2.45, 2.75) is 12.0 Å². The van der Waals surface area contributed by atoms with E-state index < -0.39 is 24.0 Å². The minimum Gasteiger partial charge on any atom is -0.481 e. The average molecular weight is 344 g/mol. The molecule has 0 spiro atoms. The van der Waals surface area contributed by atoms with Gasteiger partial charge in [-0.3, -0.25) is 4.79 Å². The van der Waals surface area contributed by atoms with Gasteiger partial charge >= 0.3 is 11.9 Å². The predicted octanol–water partition coefficient (Wildman–Crippen LogP) is 2.10. The first kappa shape index (κ1) is 16.8. The standard InChI is InChI=1S/C18H16O7/c1-23-18(22)11-4-2-10(3-5-11)16(19)15(17(20)21)12-6-7-13-14(8-12)25-9-24-13/h2-8,15-16,19H,9H2,1H3,(H,20,21). The Bertz CT molecular complexity index is 798. The fourth-order valence-electron chi connectivity index (χ4n) is 2.69. The van der Waals surface area contributed by atoms with Gasteiger partial charge < -0.3 is 24.4 Å². The van der Waals surface area contributed by atoms with Crippen LogP contribution in [0.3, 0.4) is 0 Å². The van der Waals surface area contributed by atoms with Gasteiger partial charge in [0.15, 0.2) is 11.5 Å². The van der Waals surface area contributed by atoms with Gasteiger partial charge in [0.05, 0.1) is 18.8 Å². The Balaban J connectivity index is 1.90. The van der Waals surface area contributed by atoms with E-state index >= 15 is 0 Å². The van der Waals surface area contributed by atoms with Crippen molar-refractivity contribution in [1.82, 2.24) is 0 Å². The largest absolute Gasteiger partial charge is 0.481 e. The van der Waals surface area contributed by atoms with E-state index in [0.29, 0.717) is 28.2 Å². The third-order valence-electron chi connectivity index (χ3n) is 4.01. The summed E-state index contributed by atoms with van der Waals surface area (Å²) in [5.41, 5.74) is 1.08. The zero-order valence-corrected chi connectivity index (χ0v) is 13.3. The molecule has 0 radical (unpaired) electrons. The van der Waals surface area contributed by atoms with E-state index in [1.807, 2.05) is 0 Å². The highest BCUT2D eigenvalue weighted by Gasteiger charge is 2.31. The molecule has 0 saturated heterocycles. The molecule has 3 rings (SSSR count). The quantitative estimate of drug-likeness (QED) is 0.801. The van der Waals surface area contributed by atoms with Crippen molar-refractivity contribution in [3.63, 3.8) is 0 Å². The lowest BCUT2D eigenvalue weighted by Crippen LogP contribution is -2.20. The van der Waals surface area contributed by atoms with E-state index in [2.05, 4.69) is 4.74 Å². The Morgan fingerprint density at radius 1 is 1.04 bits per heavy atom. The number of carbonyl (C=O) groups is 2. The first-order chi connectivity index (χ1) is 12.0. The molecule has 2 unspecified atom stereocenters. The van der Waals surface area contributed by atoms with Gasteiger partial charge in [0, 0.05) is 0 Å². The summed E-state index contributed by atoms with van der Waals surface area (Å²) in [6.07, 6.45) is -1.30. The smallest absolute Gasteiger partial charge is 0.337 e. The number of fused-ring (bicyclic) bond motifs is 1. The number of aliphatic hydroxyl groups is 1. The minimum absolute atomic E-state index is 0.0774. The molecule has 2 aromatic carbocycles. The molecule has 2 atom stereocenters. The predicted molar refractivity (Wildman–Crippen MR) is 85.7 cm³/mol. The van der Waals surface area contributed by atoms with Crippen LogP contribution < -0.4 is 9.47 Å². The maximum atomic E-state index is 11.7. The van der Waals surface area contributed by atoms with E-state index in [4.69, 9.17) is 9.47 Å². The Morgan fingerprint density at radius 3 is 2.32 bits per heavy atom. The average Bonchev–Trinajstić information content (AvgIpc) is 3.08. The fraction of sp³-hybridized carbons (Fsp3) is 0.222. The number of hydrogen-bond acceptors (Lipinski definition) is 6. The van der Waals surface area contributed by atoms with Crippen LogP contribution in [0, 0.1) is 0 Å². The molecule has 0 aromatic heterocycles. The molecule has 25 heavy (non-hydrogen) atoms. The van der Waals surface area contributed by atoms with E-state index in [1.54, 1.807) is 18.2 Å². The summed E-state index contributed by atoms with van der Waals surface area (Å²) in [5, 5.41) is 20.2. The second kappa shape index (κ2) is 6.82. The highest BCUT2D eigenvalue weighted by atomic mass is 16.7. The normalized spacial score (nSPS) is 14.6. The summed E-state index contributed by atoms with van der Waals surface area (Å²) in [7, 11) is 1.27. The second-order valence-corrected chi connectivity index (χ2v) is 5.49. The number of aliphatic hydroxyl groups excluding tert-OH is 1. The van der Waals surface area contributed by atoms with Crippen molar-refractivity contribution < 1.29 is 34.0 Å². The number of aliphatic carboxylic acids is 1. The molecule has 0 saturated carbocycles. The molecule has 0 aliphatic carbocycles. The number of esters is 1. The molecular weight excluding hydrogens is 328 g/mol. The van der Waals surface area contributed by atoms with E-state index in [-0.39, 0.29) is 6.79 Å². The fourth-order valence-corrected chi connectivity index (χ4v) is 2.69. The number of ether oxygens (including phenoxy) is 3. The van der Waals surface area contributed by atoms with Crippen LogP contribution in [-0.4, -0.2) is 36.1 Å². The lowest BCUT2D eigenvalue weighted by Gasteiger charge is -2.20. The van der Waals surface area contributed by atoms with Gasteiger partial charge in [0.2, 0.25) is 6.79 Å². The summed E-state index contributed by atoms with van der Waals surface area (Å²) < 4.78 is 15.1. The van der Waals surface area contributed by atoms with Crippen LogP contribution >= 0.6 is 0 Å². The topological polar surface area (TPSA) is 102 Å². The van der Waals surface area contributed by atoms with Crippen LogP contribution in [0.1, 0.15) is 33.5 Å². The zero-order chi connectivity index (χ0) is 18.0. The molecule has 2 N–H and O–H groups in total. The van der Waals surface area contributed by atoms with Crippen LogP contribution in [0.5, 0.6) is 11.5 Å². The molecule has 130 valence electrons. The summed E-state index contributed by atoms with van der Waals surface area (Å²) in [4.78, 5) is 23.2. The van der Waals surface area contributed by atoms with Gasteiger partial charge in [-0.2, -0.15) is 0 Å². The Kier molecular flexibility index (Phi) is 4.58. The molecule has 0 fully saturated rings. The van der Waals surface area contributed by atoms with Gasteiger partial charge in [0.1, 0.15) is 5.92 Å². The van der Waals surface area contributed by atoms with Crippen LogP contribution in [-0.2, 0) is 9.53 Å². The number of benzene rings is 2. The summed E-state index contributed by atoms with van der Waals surface area (Å²) in [5.74, 6) is -1.91. The summed E-state index contributed by atoms with van der Waals surface area (Å²) >= 11 is 0. The molecule has 1 aliphatic heterocycles. The van der Waals surface area contributed by atoms with Crippen LogP contribution in [0.4, 0.5) is 0 Å². The molecule has 0 bridgehead atoms. The van der Waals surface area contributed by atoms with Gasteiger partial charge in [-0.25, -0.2) is 4.79 Å². The van der Waals surface area contributed by atoms with E-state index in [9.17, 15) is 19.8 Å². The number of hydrogen-bond donors (Lipinski definition) is 2. The van der Waals surface area contributed by atoms with Crippen LogP contribution in [0.2, 0.25) is 0 Å². The van der Waals surface area contributed by atoms with Crippen LogP contribution in [0.25, 0.3) is 0 Å². The van der Waals surface area contributed by atoms with Crippen molar-refractivity contribution in [2.75, 3.05) is 13.9 Å². The van der Waals surface area contributed by atoms with Crippen molar-refractivity contribution in [3.8, 4) is 11.5 Å². The van der Waals surface area contributed by atoms with E-state index in [0.717, 1.165) is 0 Å². The van der Waals surface area contributed by atoms with Gasteiger partial charge in [-0.05, 0) is 35.4 Å². The molecule has 1 heterocycles. The third-order valence-corrected chi connectivity index (χ3v) is 4.01.